The summed E-state index contributed by atoms with van der Waals surface area (Å²) in [6, 6.07) is 9.52. The summed E-state index contributed by atoms with van der Waals surface area (Å²) in [5.74, 6) is -0.621. The van der Waals surface area contributed by atoms with Crippen LogP contribution in [0.2, 0.25) is 0 Å². The third kappa shape index (κ3) is 2.60. The number of hydrogen-bond acceptors (Lipinski definition) is 3. The van der Waals surface area contributed by atoms with Crippen molar-refractivity contribution in [3.63, 3.8) is 0 Å². The summed E-state index contributed by atoms with van der Waals surface area (Å²) < 4.78 is 13.7. The van der Waals surface area contributed by atoms with E-state index in [-0.39, 0.29) is 11.7 Å². The first-order valence-electron chi connectivity index (χ1n) is 5.87. The van der Waals surface area contributed by atoms with Gasteiger partial charge in [0.1, 0.15) is 11.5 Å². The molecule has 1 aromatic carbocycles. The fraction of sp³-hybridized carbons (Fsp3) is 0. The van der Waals surface area contributed by atoms with Gasteiger partial charge >= 0.3 is 0 Å². The minimum absolute atomic E-state index is 0.308. The Morgan fingerprint density at radius 3 is 2.85 bits per heavy atom. The standard InChI is InChI=1S/C14H10FN3OS/c15-10-3-1-9(2-4-10)8-16-18-14(19)12-7-13-11(17-12)5-6-20-13/h1-8,17H,(H,18,19)/b16-8+. The number of amides is 1. The van der Waals surface area contributed by atoms with E-state index in [1.165, 1.54) is 18.3 Å². The molecular weight excluding hydrogens is 277 g/mol. The summed E-state index contributed by atoms with van der Waals surface area (Å²) in [7, 11) is 0. The van der Waals surface area contributed by atoms with Crippen LogP contribution in [0, 0.1) is 5.82 Å². The number of halogens is 1. The van der Waals surface area contributed by atoms with Crippen molar-refractivity contribution in [2.75, 3.05) is 0 Å². The van der Waals surface area contributed by atoms with Crippen LogP contribution in [0.5, 0.6) is 0 Å². The van der Waals surface area contributed by atoms with E-state index in [2.05, 4.69) is 15.5 Å². The summed E-state index contributed by atoms with van der Waals surface area (Å²) in [5, 5.41) is 5.79. The number of aromatic nitrogens is 1. The minimum atomic E-state index is -0.313. The smallest absolute Gasteiger partial charge is 0.287 e. The highest BCUT2D eigenvalue weighted by atomic mass is 32.1. The molecule has 2 N–H and O–H groups in total. The van der Waals surface area contributed by atoms with Gasteiger partial charge in [0.25, 0.3) is 5.91 Å². The number of thiophene rings is 1. The number of nitrogens with one attached hydrogen (secondary N) is 2. The molecule has 2 aromatic heterocycles. The second-order valence-electron chi connectivity index (χ2n) is 4.13. The Morgan fingerprint density at radius 1 is 1.30 bits per heavy atom. The fourth-order valence-electron chi connectivity index (χ4n) is 1.75. The van der Waals surface area contributed by atoms with E-state index < -0.39 is 0 Å². The lowest BCUT2D eigenvalue weighted by atomic mass is 10.2. The molecule has 1 amide bonds. The van der Waals surface area contributed by atoms with E-state index in [1.54, 1.807) is 29.5 Å². The van der Waals surface area contributed by atoms with Crippen molar-refractivity contribution in [3.8, 4) is 0 Å². The average Bonchev–Trinajstić information content (AvgIpc) is 3.02. The molecular formula is C14H10FN3OS. The number of carbonyl (C=O) groups is 1. The van der Waals surface area contributed by atoms with Gasteiger partial charge in [0.05, 0.1) is 16.4 Å². The van der Waals surface area contributed by atoms with E-state index in [0.717, 1.165) is 10.2 Å². The van der Waals surface area contributed by atoms with Gasteiger partial charge in [-0.1, -0.05) is 12.1 Å². The number of hydrogen-bond donors (Lipinski definition) is 2. The highest BCUT2D eigenvalue weighted by molar-refractivity contribution is 7.17. The Bertz CT molecular complexity index is 745. The van der Waals surface area contributed by atoms with Gasteiger partial charge in [-0.15, -0.1) is 11.3 Å². The lowest BCUT2D eigenvalue weighted by molar-refractivity contribution is 0.0951. The predicted octanol–water partition coefficient (Wildman–Crippen LogP) is 3.13. The molecule has 0 radical (unpaired) electrons. The molecule has 0 saturated heterocycles. The topological polar surface area (TPSA) is 57.2 Å². The lowest BCUT2D eigenvalue weighted by Crippen LogP contribution is -2.17. The van der Waals surface area contributed by atoms with Crippen LogP contribution in [0.1, 0.15) is 16.1 Å². The van der Waals surface area contributed by atoms with Crippen LogP contribution < -0.4 is 5.43 Å². The number of hydrazone groups is 1. The van der Waals surface area contributed by atoms with E-state index in [4.69, 9.17) is 0 Å². The molecule has 3 rings (SSSR count). The molecule has 0 spiro atoms. The Hall–Kier alpha value is -2.47. The average molecular weight is 287 g/mol. The number of aromatic amines is 1. The Kier molecular flexibility index (Phi) is 3.30. The largest absolute Gasteiger partial charge is 0.350 e. The van der Waals surface area contributed by atoms with Crippen LogP contribution >= 0.6 is 11.3 Å². The van der Waals surface area contributed by atoms with Crippen molar-refractivity contribution >= 4 is 33.7 Å². The second-order valence-corrected chi connectivity index (χ2v) is 5.08. The number of carbonyl (C=O) groups excluding carboxylic acids is 1. The van der Waals surface area contributed by atoms with Gasteiger partial charge in [-0.3, -0.25) is 4.79 Å². The molecule has 0 atom stereocenters. The van der Waals surface area contributed by atoms with E-state index >= 15 is 0 Å². The molecule has 0 fully saturated rings. The zero-order chi connectivity index (χ0) is 13.9. The summed E-state index contributed by atoms with van der Waals surface area (Å²) in [4.78, 5) is 14.9. The molecule has 0 bridgehead atoms. The summed E-state index contributed by atoms with van der Waals surface area (Å²) >= 11 is 1.56. The molecule has 3 aromatic rings. The van der Waals surface area contributed by atoms with Crippen molar-refractivity contribution in [1.29, 1.82) is 0 Å². The summed E-state index contributed by atoms with van der Waals surface area (Å²) in [6.07, 6.45) is 1.46. The maximum Gasteiger partial charge on any atom is 0.287 e. The SMILES string of the molecule is O=C(N/N=C/c1ccc(F)cc1)c1cc2sccc2[nH]1. The zero-order valence-electron chi connectivity index (χ0n) is 10.3. The molecule has 20 heavy (non-hydrogen) atoms. The van der Waals surface area contributed by atoms with Crippen molar-refractivity contribution in [2.45, 2.75) is 0 Å². The highest BCUT2D eigenvalue weighted by Crippen LogP contribution is 2.21. The van der Waals surface area contributed by atoms with Crippen LogP contribution in [-0.2, 0) is 0 Å². The van der Waals surface area contributed by atoms with Gasteiger partial charge in [0.15, 0.2) is 0 Å². The monoisotopic (exact) mass is 287 g/mol. The molecule has 100 valence electrons. The zero-order valence-corrected chi connectivity index (χ0v) is 11.1. The van der Waals surface area contributed by atoms with Crippen molar-refractivity contribution in [3.05, 3.63) is 58.9 Å². The van der Waals surface area contributed by atoms with Crippen LogP contribution in [0.4, 0.5) is 4.39 Å². The van der Waals surface area contributed by atoms with Crippen molar-refractivity contribution < 1.29 is 9.18 Å². The maximum atomic E-state index is 12.7. The van der Waals surface area contributed by atoms with Gasteiger partial charge in [0.2, 0.25) is 0 Å². The van der Waals surface area contributed by atoms with Gasteiger partial charge in [-0.05, 0) is 35.2 Å². The molecule has 0 saturated carbocycles. The second kappa shape index (κ2) is 5.26. The quantitative estimate of drug-likeness (QED) is 0.564. The Balaban J connectivity index is 1.67. The molecule has 4 nitrogen and oxygen atoms in total. The fourth-order valence-corrected chi connectivity index (χ4v) is 2.53. The molecule has 0 aliphatic rings. The molecule has 0 aliphatic carbocycles. The first kappa shape index (κ1) is 12.6. The van der Waals surface area contributed by atoms with Crippen LogP contribution in [0.25, 0.3) is 10.2 Å². The number of H-pyrrole nitrogens is 1. The van der Waals surface area contributed by atoms with Gasteiger partial charge in [-0.2, -0.15) is 5.10 Å². The Labute approximate surface area is 117 Å². The number of benzene rings is 1. The van der Waals surface area contributed by atoms with Gasteiger partial charge in [0, 0.05) is 0 Å². The molecule has 0 unspecified atom stereocenters. The minimum Gasteiger partial charge on any atom is -0.350 e. The van der Waals surface area contributed by atoms with Crippen molar-refractivity contribution in [1.82, 2.24) is 10.4 Å². The third-order valence-corrected chi connectivity index (χ3v) is 3.60. The van der Waals surface area contributed by atoms with Crippen LogP contribution in [0.15, 0.2) is 46.9 Å². The number of nitrogens with zero attached hydrogens (tertiary/aromatic N) is 1. The van der Waals surface area contributed by atoms with Gasteiger partial charge < -0.3 is 4.98 Å². The molecule has 0 aliphatic heterocycles. The predicted molar refractivity (Wildman–Crippen MR) is 77.6 cm³/mol. The number of rotatable bonds is 3. The Morgan fingerprint density at radius 2 is 2.10 bits per heavy atom. The lowest BCUT2D eigenvalue weighted by Gasteiger charge is -1.96. The van der Waals surface area contributed by atoms with E-state index in [9.17, 15) is 9.18 Å². The van der Waals surface area contributed by atoms with Crippen LogP contribution in [-0.4, -0.2) is 17.1 Å². The van der Waals surface area contributed by atoms with Crippen molar-refractivity contribution in [2.24, 2.45) is 5.10 Å². The van der Waals surface area contributed by atoms with Crippen LogP contribution in [0.3, 0.4) is 0 Å². The summed E-state index contributed by atoms with van der Waals surface area (Å²) in [5.41, 5.74) is 4.52. The molecule has 2 heterocycles. The third-order valence-electron chi connectivity index (χ3n) is 2.73. The highest BCUT2D eigenvalue weighted by Gasteiger charge is 2.08. The summed E-state index contributed by atoms with van der Waals surface area (Å²) in [6.45, 7) is 0. The van der Waals surface area contributed by atoms with E-state index in [0.29, 0.717) is 11.3 Å². The first-order valence-corrected chi connectivity index (χ1v) is 6.75. The maximum absolute atomic E-state index is 12.7. The normalized spacial score (nSPS) is 11.2. The van der Waals surface area contributed by atoms with E-state index in [1.807, 2.05) is 11.4 Å². The number of fused-ring (bicyclic) bond motifs is 1. The molecule has 6 heteroatoms. The first-order chi connectivity index (χ1) is 9.72. The van der Waals surface area contributed by atoms with Gasteiger partial charge in [-0.25, -0.2) is 9.82 Å².